The third-order valence-electron chi connectivity index (χ3n) is 1.93. The predicted octanol–water partition coefficient (Wildman–Crippen LogP) is 3.48. The molecular formula is C11H11ClN3S. The Hall–Kier alpha value is -1.13. The maximum Gasteiger partial charge on any atom is 0.131 e. The number of hydrogen-bond donors (Lipinski definition) is 1. The van der Waals surface area contributed by atoms with Crippen molar-refractivity contribution in [2.75, 3.05) is 5.32 Å². The van der Waals surface area contributed by atoms with E-state index in [1.54, 1.807) is 6.20 Å². The molecule has 2 aromatic rings. The van der Waals surface area contributed by atoms with Gasteiger partial charge in [0.2, 0.25) is 0 Å². The van der Waals surface area contributed by atoms with Crippen molar-refractivity contribution >= 4 is 28.6 Å². The van der Waals surface area contributed by atoms with Crippen LogP contribution >= 0.6 is 22.9 Å². The van der Waals surface area contributed by atoms with Gasteiger partial charge >= 0.3 is 0 Å². The zero-order chi connectivity index (χ0) is 11.5. The quantitative estimate of drug-likeness (QED) is 0.850. The Morgan fingerprint density at radius 2 is 2.31 bits per heavy atom. The molecule has 16 heavy (non-hydrogen) atoms. The second kappa shape index (κ2) is 4.80. The van der Waals surface area contributed by atoms with Gasteiger partial charge in [-0.3, -0.25) is 0 Å². The van der Waals surface area contributed by atoms with Crippen molar-refractivity contribution in [3.63, 3.8) is 0 Å². The van der Waals surface area contributed by atoms with E-state index < -0.39 is 0 Å². The number of pyridine rings is 1. The van der Waals surface area contributed by atoms with Crippen LogP contribution in [0.15, 0.2) is 17.6 Å². The van der Waals surface area contributed by atoms with Gasteiger partial charge in [-0.25, -0.2) is 9.97 Å². The lowest BCUT2D eigenvalue weighted by Gasteiger charge is -2.13. The van der Waals surface area contributed by atoms with Crippen molar-refractivity contribution in [3.05, 3.63) is 29.0 Å². The Labute approximate surface area is 104 Å². The molecule has 2 aromatic heterocycles. The van der Waals surface area contributed by atoms with Crippen molar-refractivity contribution in [3.8, 4) is 10.6 Å². The first-order valence-electron chi connectivity index (χ1n) is 4.91. The van der Waals surface area contributed by atoms with Crippen LogP contribution in [0, 0.1) is 6.20 Å². The zero-order valence-corrected chi connectivity index (χ0v) is 10.6. The van der Waals surface area contributed by atoms with Crippen LogP contribution in [0.25, 0.3) is 10.6 Å². The third kappa shape index (κ3) is 2.51. The molecule has 0 aromatic carbocycles. The van der Waals surface area contributed by atoms with Crippen LogP contribution in [0.1, 0.15) is 13.8 Å². The van der Waals surface area contributed by atoms with Gasteiger partial charge in [-0.05, 0) is 19.9 Å². The zero-order valence-electron chi connectivity index (χ0n) is 8.99. The van der Waals surface area contributed by atoms with E-state index in [1.165, 1.54) is 11.3 Å². The Kier molecular flexibility index (Phi) is 3.41. The summed E-state index contributed by atoms with van der Waals surface area (Å²) in [5, 5.41) is 6.53. The molecule has 1 N–H and O–H groups in total. The minimum Gasteiger partial charge on any atom is -0.382 e. The van der Waals surface area contributed by atoms with Crippen LogP contribution in [-0.4, -0.2) is 16.0 Å². The maximum atomic E-state index is 5.89. The van der Waals surface area contributed by atoms with E-state index >= 15 is 0 Å². The number of hydrogen-bond acceptors (Lipinski definition) is 4. The lowest BCUT2D eigenvalue weighted by Crippen LogP contribution is -2.10. The van der Waals surface area contributed by atoms with Crippen molar-refractivity contribution in [2.24, 2.45) is 0 Å². The largest absolute Gasteiger partial charge is 0.382 e. The summed E-state index contributed by atoms with van der Waals surface area (Å²) in [4.78, 5) is 8.24. The predicted molar refractivity (Wildman–Crippen MR) is 67.9 cm³/mol. The molecule has 3 nitrogen and oxygen atoms in total. The van der Waals surface area contributed by atoms with Crippen molar-refractivity contribution in [1.82, 2.24) is 9.97 Å². The maximum absolute atomic E-state index is 5.89. The van der Waals surface area contributed by atoms with Crippen LogP contribution in [0.4, 0.5) is 5.69 Å². The molecule has 0 fully saturated rings. The van der Waals surface area contributed by atoms with Crippen LogP contribution < -0.4 is 5.32 Å². The monoisotopic (exact) mass is 252 g/mol. The molecule has 0 saturated carbocycles. The molecule has 0 aliphatic heterocycles. The second-order valence-corrected chi connectivity index (χ2v) is 4.88. The van der Waals surface area contributed by atoms with E-state index in [1.807, 2.05) is 11.4 Å². The highest BCUT2D eigenvalue weighted by Crippen LogP contribution is 2.30. The summed E-state index contributed by atoms with van der Waals surface area (Å²) >= 11 is 7.42. The summed E-state index contributed by atoms with van der Waals surface area (Å²) in [6, 6.07) is 2.15. The Bertz CT molecular complexity index is 468. The molecule has 0 bridgehead atoms. The summed E-state index contributed by atoms with van der Waals surface area (Å²) in [6.07, 6.45) is 4.54. The number of aromatic nitrogens is 2. The summed E-state index contributed by atoms with van der Waals surface area (Å²) < 4.78 is 0. The lowest BCUT2D eigenvalue weighted by atomic mass is 10.2. The number of rotatable bonds is 3. The topological polar surface area (TPSA) is 37.8 Å². The Morgan fingerprint density at radius 3 is 2.94 bits per heavy atom. The molecule has 5 heteroatoms. The van der Waals surface area contributed by atoms with Crippen LogP contribution in [0.5, 0.6) is 0 Å². The molecule has 0 spiro atoms. The number of halogens is 1. The van der Waals surface area contributed by atoms with E-state index in [-0.39, 0.29) is 0 Å². The van der Waals surface area contributed by atoms with E-state index in [4.69, 9.17) is 11.6 Å². The second-order valence-electron chi connectivity index (χ2n) is 3.63. The fourth-order valence-electron chi connectivity index (χ4n) is 1.35. The fraction of sp³-hybridized carbons (Fsp3) is 0.273. The van der Waals surface area contributed by atoms with Crippen molar-refractivity contribution in [2.45, 2.75) is 19.9 Å². The van der Waals surface area contributed by atoms with Gasteiger partial charge in [0.15, 0.2) is 0 Å². The first-order chi connectivity index (χ1) is 7.66. The molecule has 83 valence electrons. The summed E-state index contributed by atoms with van der Waals surface area (Å²) in [5.74, 6) is 0. The summed E-state index contributed by atoms with van der Waals surface area (Å²) in [5.41, 5.74) is 1.92. The highest BCUT2D eigenvalue weighted by Gasteiger charge is 2.09. The van der Waals surface area contributed by atoms with Gasteiger partial charge in [0.05, 0.1) is 5.56 Å². The molecule has 0 saturated heterocycles. The number of thiazole rings is 1. The van der Waals surface area contributed by atoms with Crippen molar-refractivity contribution in [1.29, 1.82) is 0 Å². The first kappa shape index (κ1) is 11.4. The van der Waals surface area contributed by atoms with E-state index in [9.17, 15) is 0 Å². The van der Waals surface area contributed by atoms with Crippen LogP contribution in [-0.2, 0) is 0 Å². The molecule has 0 aliphatic rings. The highest BCUT2D eigenvalue weighted by molar-refractivity contribution is 7.13. The normalized spacial score (nSPS) is 10.8. The van der Waals surface area contributed by atoms with Gasteiger partial charge in [-0.1, -0.05) is 11.6 Å². The smallest absolute Gasteiger partial charge is 0.131 e. The third-order valence-corrected chi connectivity index (χ3v) is 2.90. The average molecular weight is 253 g/mol. The molecule has 2 heterocycles. The van der Waals surface area contributed by atoms with Gasteiger partial charge < -0.3 is 5.32 Å². The average Bonchev–Trinajstić information content (AvgIpc) is 2.69. The number of nitrogens with one attached hydrogen (secondary N) is 1. The summed E-state index contributed by atoms with van der Waals surface area (Å²) in [7, 11) is 0. The number of nitrogens with zero attached hydrogens (tertiary/aromatic N) is 2. The lowest BCUT2D eigenvalue weighted by molar-refractivity contribution is 0.899. The van der Waals surface area contributed by atoms with Gasteiger partial charge in [0, 0.05) is 23.3 Å². The van der Waals surface area contributed by atoms with Crippen LogP contribution in [0.2, 0.25) is 5.15 Å². The van der Waals surface area contributed by atoms with E-state index in [0.717, 1.165) is 16.3 Å². The Morgan fingerprint density at radius 1 is 1.50 bits per heavy atom. The molecule has 1 radical (unpaired) electrons. The van der Waals surface area contributed by atoms with Gasteiger partial charge in [-0.15, -0.1) is 11.3 Å². The Balaban J connectivity index is 2.44. The van der Waals surface area contributed by atoms with Gasteiger partial charge in [-0.2, -0.15) is 0 Å². The SMILES string of the molecule is CC(C)Nc1cc(Cl)ncc1-c1n[c]cs1. The molecule has 0 amide bonds. The van der Waals surface area contributed by atoms with Gasteiger partial charge in [0.25, 0.3) is 0 Å². The molecule has 0 atom stereocenters. The van der Waals surface area contributed by atoms with E-state index in [2.05, 4.69) is 35.3 Å². The molecule has 0 aliphatic carbocycles. The minimum atomic E-state index is 0.334. The minimum absolute atomic E-state index is 0.334. The van der Waals surface area contributed by atoms with Gasteiger partial charge in [0.1, 0.15) is 16.4 Å². The molecule has 2 rings (SSSR count). The summed E-state index contributed by atoms with van der Waals surface area (Å²) in [6.45, 7) is 4.15. The van der Waals surface area contributed by atoms with Crippen LogP contribution in [0.3, 0.4) is 0 Å². The highest BCUT2D eigenvalue weighted by atomic mass is 35.5. The molecular weight excluding hydrogens is 242 g/mol. The number of anilines is 1. The molecule has 0 unspecified atom stereocenters. The first-order valence-corrected chi connectivity index (χ1v) is 6.16. The van der Waals surface area contributed by atoms with E-state index in [0.29, 0.717) is 11.2 Å². The van der Waals surface area contributed by atoms with Crippen molar-refractivity contribution < 1.29 is 0 Å². The fourth-order valence-corrected chi connectivity index (χ4v) is 2.12. The standard InChI is InChI=1S/C11H11ClN3S/c1-7(2)15-9-5-10(12)14-6-8(9)11-13-3-4-16-11/h4-7H,1-2H3,(H,14,15).